The van der Waals surface area contributed by atoms with Crippen LogP contribution in [0.5, 0.6) is 5.75 Å². The van der Waals surface area contributed by atoms with Crippen molar-refractivity contribution in [3.63, 3.8) is 0 Å². The first-order valence-electron chi connectivity index (χ1n) is 6.34. The van der Waals surface area contributed by atoms with Crippen molar-refractivity contribution >= 4 is 0 Å². The second-order valence-electron chi connectivity index (χ2n) is 4.83. The number of aromatic nitrogens is 1. The van der Waals surface area contributed by atoms with Crippen LogP contribution < -0.4 is 5.43 Å². The van der Waals surface area contributed by atoms with Gasteiger partial charge in [-0.3, -0.25) is 9.69 Å². The number of alkyl halides is 1. The molecular formula is C13H19FN2O2. The van der Waals surface area contributed by atoms with E-state index in [-0.39, 0.29) is 5.75 Å². The van der Waals surface area contributed by atoms with Gasteiger partial charge in [-0.05, 0) is 32.9 Å². The van der Waals surface area contributed by atoms with E-state index in [0.29, 0.717) is 17.9 Å². The summed E-state index contributed by atoms with van der Waals surface area (Å²) in [6.07, 6.45) is 3.45. The Morgan fingerprint density at radius 3 is 2.61 bits per heavy atom. The minimum atomic E-state index is -0.719. The molecule has 0 amide bonds. The number of rotatable bonds is 3. The molecule has 1 aromatic rings. The second-order valence-corrected chi connectivity index (χ2v) is 4.83. The SMILES string of the molecule is Cc1cc(=O)c(O)c(CN2CCCCC2)n1CF. The number of aryl methyl sites for hydroxylation is 1. The first-order valence-corrected chi connectivity index (χ1v) is 6.34. The van der Waals surface area contributed by atoms with E-state index in [0.717, 1.165) is 25.9 Å². The Balaban J connectivity index is 2.32. The van der Waals surface area contributed by atoms with Gasteiger partial charge in [0.2, 0.25) is 5.43 Å². The van der Waals surface area contributed by atoms with Crippen molar-refractivity contribution in [1.82, 2.24) is 9.47 Å². The van der Waals surface area contributed by atoms with E-state index in [1.807, 2.05) is 0 Å². The zero-order chi connectivity index (χ0) is 13.1. The van der Waals surface area contributed by atoms with E-state index >= 15 is 0 Å². The molecule has 5 heteroatoms. The van der Waals surface area contributed by atoms with E-state index < -0.39 is 12.2 Å². The molecule has 0 spiro atoms. The fraction of sp³-hybridized carbons (Fsp3) is 0.615. The molecule has 0 aliphatic carbocycles. The van der Waals surface area contributed by atoms with Gasteiger partial charge in [-0.1, -0.05) is 6.42 Å². The van der Waals surface area contributed by atoms with E-state index in [9.17, 15) is 14.3 Å². The van der Waals surface area contributed by atoms with Gasteiger partial charge in [-0.15, -0.1) is 0 Å². The zero-order valence-electron chi connectivity index (χ0n) is 10.7. The summed E-state index contributed by atoms with van der Waals surface area (Å²) in [5.41, 5.74) is 0.515. The average Bonchev–Trinajstić information content (AvgIpc) is 2.37. The Morgan fingerprint density at radius 1 is 1.33 bits per heavy atom. The number of piperidine rings is 1. The number of nitrogens with zero attached hydrogens (tertiary/aromatic N) is 2. The number of pyridine rings is 1. The average molecular weight is 254 g/mol. The predicted octanol–water partition coefficient (Wildman–Crippen LogP) is 1.78. The smallest absolute Gasteiger partial charge is 0.223 e. The molecule has 0 radical (unpaired) electrons. The van der Waals surface area contributed by atoms with Crippen molar-refractivity contribution in [2.24, 2.45) is 0 Å². The molecule has 1 saturated heterocycles. The van der Waals surface area contributed by atoms with Crippen LogP contribution in [0.1, 0.15) is 30.7 Å². The first-order chi connectivity index (χ1) is 8.63. The third-order valence-electron chi connectivity index (χ3n) is 3.54. The minimum Gasteiger partial charge on any atom is -0.503 e. The lowest BCUT2D eigenvalue weighted by atomic mass is 10.1. The van der Waals surface area contributed by atoms with Gasteiger partial charge in [0.05, 0.1) is 5.69 Å². The van der Waals surface area contributed by atoms with Crippen molar-refractivity contribution in [3.8, 4) is 5.75 Å². The van der Waals surface area contributed by atoms with Crippen LogP contribution in [0.15, 0.2) is 10.9 Å². The highest BCUT2D eigenvalue weighted by Gasteiger charge is 2.17. The molecule has 1 N–H and O–H groups in total. The van der Waals surface area contributed by atoms with Crippen molar-refractivity contribution in [2.45, 2.75) is 39.5 Å². The summed E-state index contributed by atoms with van der Waals surface area (Å²) in [5.74, 6) is -0.316. The molecule has 100 valence electrons. The minimum absolute atomic E-state index is 0.316. The first kappa shape index (κ1) is 13.1. The van der Waals surface area contributed by atoms with Gasteiger partial charge in [0.1, 0.15) is 0 Å². The molecule has 0 aromatic carbocycles. The standard InChI is InChI=1S/C13H19FN2O2/c1-10-7-12(17)13(18)11(16(10)9-14)8-15-5-3-2-4-6-15/h7,18H,2-6,8-9H2,1H3. The van der Waals surface area contributed by atoms with Gasteiger partial charge in [0, 0.05) is 18.3 Å². The summed E-state index contributed by atoms with van der Waals surface area (Å²) in [5, 5.41) is 9.84. The Kier molecular flexibility index (Phi) is 4.01. The van der Waals surface area contributed by atoms with Crippen LogP contribution in [0.3, 0.4) is 0 Å². The molecule has 1 aromatic heterocycles. The summed E-state index contributed by atoms with van der Waals surface area (Å²) < 4.78 is 14.4. The van der Waals surface area contributed by atoms with Gasteiger partial charge in [0.25, 0.3) is 0 Å². The topological polar surface area (TPSA) is 45.5 Å². The van der Waals surface area contributed by atoms with Crippen LogP contribution in [0.4, 0.5) is 4.39 Å². The fourth-order valence-corrected chi connectivity index (χ4v) is 2.47. The summed E-state index contributed by atoms with van der Waals surface area (Å²) in [6.45, 7) is 3.28. The molecule has 1 aliphatic rings. The number of halogens is 1. The van der Waals surface area contributed by atoms with Crippen LogP contribution in [0.2, 0.25) is 0 Å². The van der Waals surface area contributed by atoms with Crippen LogP contribution in [-0.4, -0.2) is 27.7 Å². The van der Waals surface area contributed by atoms with Crippen molar-refractivity contribution in [2.75, 3.05) is 13.1 Å². The maximum Gasteiger partial charge on any atom is 0.223 e. The van der Waals surface area contributed by atoms with Crippen LogP contribution in [-0.2, 0) is 13.3 Å². The van der Waals surface area contributed by atoms with Crippen LogP contribution in [0, 0.1) is 6.92 Å². The summed E-state index contributed by atoms with van der Waals surface area (Å²) >= 11 is 0. The molecule has 0 atom stereocenters. The quantitative estimate of drug-likeness (QED) is 0.894. The molecule has 1 fully saturated rings. The molecule has 1 aliphatic heterocycles. The highest BCUT2D eigenvalue weighted by molar-refractivity contribution is 5.29. The molecule has 0 bridgehead atoms. The van der Waals surface area contributed by atoms with Crippen molar-refractivity contribution in [1.29, 1.82) is 0 Å². The number of hydrogen-bond acceptors (Lipinski definition) is 3. The number of likely N-dealkylation sites (tertiary alicyclic amines) is 1. The third-order valence-corrected chi connectivity index (χ3v) is 3.54. The molecule has 2 heterocycles. The van der Waals surface area contributed by atoms with Crippen molar-refractivity contribution < 1.29 is 9.50 Å². The predicted molar refractivity (Wildman–Crippen MR) is 67.3 cm³/mol. The van der Waals surface area contributed by atoms with Gasteiger partial charge in [0.15, 0.2) is 12.5 Å². The van der Waals surface area contributed by atoms with E-state index in [2.05, 4.69) is 4.90 Å². The van der Waals surface area contributed by atoms with Crippen LogP contribution in [0.25, 0.3) is 0 Å². The van der Waals surface area contributed by atoms with Crippen molar-refractivity contribution in [3.05, 3.63) is 27.7 Å². The van der Waals surface area contributed by atoms with E-state index in [1.54, 1.807) is 6.92 Å². The van der Waals surface area contributed by atoms with Gasteiger partial charge in [-0.2, -0.15) is 0 Å². The highest BCUT2D eigenvalue weighted by atomic mass is 19.1. The molecule has 0 unspecified atom stereocenters. The maximum absolute atomic E-state index is 13.0. The Hall–Kier alpha value is -1.36. The summed E-state index contributed by atoms with van der Waals surface area (Å²) in [6, 6.07) is 1.27. The summed E-state index contributed by atoms with van der Waals surface area (Å²) in [4.78, 5) is 13.7. The lowest BCUT2D eigenvalue weighted by Gasteiger charge is -2.28. The van der Waals surface area contributed by atoms with Gasteiger partial charge < -0.3 is 9.67 Å². The lowest BCUT2D eigenvalue weighted by Crippen LogP contribution is -2.31. The zero-order valence-corrected chi connectivity index (χ0v) is 10.7. The van der Waals surface area contributed by atoms with E-state index in [4.69, 9.17) is 0 Å². The monoisotopic (exact) mass is 254 g/mol. The van der Waals surface area contributed by atoms with Crippen LogP contribution >= 0.6 is 0 Å². The Bertz CT molecular complexity index is 479. The molecule has 0 saturated carbocycles. The fourth-order valence-electron chi connectivity index (χ4n) is 2.47. The number of aromatic hydroxyl groups is 1. The van der Waals surface area contributed by atoms with Gasteiger partial charge in [-0.25, -0.2) is 4.39 Å². The third kappa shape index (κ3) is 2.56. The largest absolute Gasteiger partial charge is 0.503 e. The highest BCUT2D eigenvalue weighted by Crippen LogP contribution is 2.19. The van der Waals surface area contributed by atoms with E-state index in [1.165, 1.54) is 17.1 Å². The normalized spacial score (nSPS) is 17.0. The molecular weight excluding hydrogens is 235 g/mol. The maximum atomic E-state index is 13.0. The molecule has 4 nitrogen and oxygen atoms in total. The molecule has 2 rings (SSSR count). The number of hydrogen-bond donors (Lipinski definition) is 1. The second kappa shape index (κ2) is 5.52. The lowest BCUT2D eigenvalue weighted by molar-refractivity contribution is 0.207. The van der Waals surface area contributed by atoms with Gasteiger partial charge >= 0.3 is 0 Å². The Labute approximate surface area is 106 Å². The Morgan fingerprint density at radius 2 is 2.00 bits per heavy atom. The molecule has 18 heavy (non-hydrogen) atoms. The summed E-state index contributed by atoms with van der Waals surface area (Å²) in [7, 11) is 0.